The van der Waals surface area contributed by atoms with Crippen LogP contribution in [0.4, 0.5) is 24.5 Å². The van der Waals surface area contributed by atoms with Gasteiger partial charge in [0.15, 0.2) is 0 Å². The largest absolute Gasteiger partial charge is 0.416 e. The van der Waals surface area contributed by atoms with Crippen molar-refractivity contribution >= 4 is 38.9 Å². The number of anilines is 2. The lowest BCUT2D eigenvalue weighted by atomic mass is 10.2. The Bertz CT molecular complexity index is 1280. The highest BCUT2D eigenvalue weighted by molar-refractivity contribution is 7.92. The van der Waals surface area contributed by atoms with Crippen molar-refractivity contribution in [3.05, 3.63) is 88.4 Å². The molecule has 10 heteroatoms. The summed E-state index contributed by atoms with van der Waals surface area (Å²) in [6.07, 6.45) is -4.68. The first-order valence-corrected chi connectivity index (χ1v) is 11.5. The van der Waals surface area contributed by atoms with Crippen molar-refractivity contribution in [2.45, 2.75) is 24.9 Å². The van der Waals surface area contributed by atoms with Crippen LogP contribution in [-0.4, -0.2) is 20.9 Å². The number of nitrogens with one attached hydrogen (secondary N) is 1. The molecule has 0 aliphatic rings. The van der Waals surface area contributed by atoms with E-state index in [0.29, 0.717) is 21.1 Å². The fraction of sp³-hybridized carbons (Fsp3) is 0.174. The lowest BCUT2D eigenvalue weighted by molar-refractivity contribution is -0.137. The number of nitrogens with zero attached hydrogens (tertiary/aromatic N) is 1. The molecule has 0 aliphatic carbocycles. The van der Waals surface area contributed by atoms with Crippen molar-refractivity contribution in [1.29, 1.82) is 0 Å². The molecular weight excluding hydrogens is 477 g/mol. The summed E-state index contributed by atoms with van der Waals surface area (Å²) >= 11 is 6.06. The van der Waals surface area contributed by atoms with Gasteiger partial charge >= 0.3 is 6.18 Å². The van der Waals surface area contributed by atoms with E-state index < -0.39 is 34.2 Å². The molecule has 174 valence electrons. The van der Waals surface area contributed by atoms with Gasteiger partial charge in [0.05, 0.1) is 16.1 Å². The molecule has 3 rings (SSSR count). The number of carbonyl (C=O) groups excluding carboxylic acids is 1. The molecule has 0 saturated heterocycles. The lowest BCUT2D eigenvalue weighted by Gasteiger charge is -2.25. The van der Waals surface area contributed by atoms with Gasteiger partial charge < -0.3 is 5.32 Å². The van der Waals surface area contributed by atoms with E-state index in [0.717, 1.165) is 23.3 Å². The van der Waals surface area contributed by atoms with Gasteiger partial charge in [0.25, 0.3) is 10.0 Å². The summed E-state index contributed by atoms with van der Waals surface area (Å²) in [4.78, 5) is 12.6. The van der Waals surface area contributed by atoms with Crippen molar-refractivity contribution in [3.63, 3.8) is 0 Å². The molecule has 1 amide bonds. The van der Waals surface area contributed by atoms with Crippen molar-refractivity contribution < 1.29 is 26.4 Å². The zero-order valence-corrected chi connectivity index (χ0v) is 19.2. The molecule has 0 aliphatic heterocycles. The van der Waals surface area contributed by atoms with E-state index in [1.165, 1.54) is 24.3 Å². The van der Waals surface area contributed by atoms with Gasteiger partial charge in [-0.05, 0) is 61.9 Å². The quantitative estimate of drug-likeness (QED) is 0.468. The second-order valence-corrected chi connectivity index (χ2v) is 9.65. The Morgan fingerprint density at radius 2 is 1.67 bits per heavy atom. The van der Waals surface area contributed by atoms with E-state index in [1.807, 2.05) is 0 Å². The second kappa shape index (κ2) is 9.44. The maximum atomic E-state index is 13.3. The Balaban J connectivity index is 2.00. The number of aryl methyl sites for hydroxylation is 2. The third kappa shape index (κ3) is 5.85. The minimum absolute atomic E-state index is 0.156. The first-order valence-electron chi connectivity index (χ1n) is 9.70. The first-order chi connectivity index (χ1) is 15.4. The Labute approximate surface area is 194 Å². The molecule has 3 aromatic rings. The van der Waals surface area contributed by atoms with Crippen LogP contribution in [0.5, 0.6) is 0 Å². The Morgan fingerprint density at radius 3 is 2.27 bits per heavy atom. The average Bonchev–Trinajstić information content (AvgIpc) is 2.74. The second-order valence-electron chi connectivity index (χ2n) is 7.38. The van der Waals surface area contributed by atoms with E-state index in [1.54, 1.807) is 38.1 Å². The van der Waals surface area contributed by atoms with Crippen LogP contribution in [0.1, 0.15) is 16.7 Å². The zero-order valence-electron chi connectivity index (χ0n) is 17.7. The summed E-state index contributed by atoms with van der Waals surface area (Å²) in [7, 11) is -4.36. The Hall–Kier alpha value is -3.04. The number of halogens is 4. The minimum Gasteiger partial charge on any atom is -0.324 e. The molecule has 0 heterocycles. The number of amides is 1. The van der Waals surface area contributed by atoms with Gasteiger partial charge in [0, 0.05) is 10.7 Å². The predicted octanol–water partition coefficient (Wildman–Crippen LogP) is 5.81. The maximum Gasteiger partial charge on any atom is 0.416 e. The minimum atomic E-state index is -4.68. The molecule has 0 radical (unpaired) electrons. The molecular formula is C23H20ClF3N2O3S. The molecule has 0 saturated carbocycles. The summed E-state index contributed by atoms with van der Waals surface area (Å²) in [5, 5.41) is 2.93. The van der Waals surface area contributed by atoms with E-state index in [2.05, 4.69) is 5.32 Å². The standard InChI is InChI=1S/C23H20ClF3N2O3S/c1-15-6-10-20(11-7-15)33(31,32)29(19-5-3-4-17(12-19)23(25,26)27)14-22(30)28-18-9-8-16(2)21(24)13-18/h3-13H,14H2,1-2H3,(H,28,30). The van der Waals surface area contributed by atoms with Crippen LogP contribution in [0.25, 0.3) is 0 Å². The van der Waals surface area contributed by atoms with Gasteiger partial charge in [0.2, 0.25) is 5.91 Å². The fourth-order valence-electron chi connectivity index (χ4n) is 2.99. The SMILES string of the molecule is Cc1ccc(S(=O)(=O)N(CC(=O)Nc2ccc(C)c(Cl)c2)c2cccc(C(F)(F)F)c2)cc1. The molecule has 1 N–H and O–H groups in total. The number of hydrogen-bond acceptors (Lipinski definition) is 3. The van der Waals surface area contributed by atoms with E-state index in [4.69, 9.17) is 11.6 Å². The third-order valence-electron chi connectivity index (χ3n) is 4.81. The predicted molar refractivity (Wildman–Crippen MR) is 122 cm³/mol. The Kier molecular flexibility index (Phi) is 7.04. The molecule has 0 fully saturated rings. The third-order valence-corrected chi connectivity index (χ3v) is 7.01. The normalized spacial score (nSPS) is 11.8. The smallest absolute Gasteiger partial charge is 0.324 e. The van der Waals surface area contributed by atoms with Crippen LogP contribution in [0, 0.1) is 13.8 Å². The number of hydrogen-bond donors (Lipinski definition) is 1. The van der Waals surface area contributed by atoms with Crippen molar-refractivity contribution in [2.24, 2.45) is 0 Å². The average molecular weight is 497 g/mol. The number of carbonyl (C=O) groups is 1. The van der Waals surface area contributed by atoms with Gasteiger partial charge in [-0.15, -0.1) is 0 Å². The zero-order chi connectivity index (χ0) is 24.4. The fourth-order valence-corrected chi connectivity index (χ4v) is 4.58. The maximum absolute atomic E-state index is 13.3. The molecule has 33 heavy (non-hydrogen) atoms. The molecule has 0 bridgehead atoms. The van der Waals surface area contributed by atoms with E-state index >= 15 is 0 Å². The highest BCUT2D eigenvalue weighted by Crippen LogP contribution is 2.33. The molecule has 3 aromatic carbocycles. The van der Waals surface area contributed by atoms with Crippen molar-refractivity contribution in [1.82, 2.24) is 0 Å². The summed E-state index contributed by atoms with van der Waals surface area (Å²) in [5.41, 5.74) is 0.584. The Morgan fingerprint density at radius 1 is 1.00 bits per heavy atom. The molecule has 5 nitrogen and oxygen atoms in total. The highest BCUT2D eigenvalue weighted by atomic mass is 35.5. The number of rotatable bonds is 6. The number of alkyl halides is 3. The van der Waals surface area contributed by atoms with Gasteiger partial charge in [-0.25, -0.2) is 8.42 Å². The van der Waals surface area contributed by atoms with Gasteiger partial charge in [0.1, 0.15) is 6.54 Å². The first kappa shape index (κ1) is 24.6. The van der Waals surface area contributed by atoms with Crippen LogP contribution in [0.15, 0.2) is 71.6 Å². The van der Waals surface area contributed by atoms with Crippen molar-refractivity contribution in [2.75, 3.05) is 16.2 Å². The van der Waals surface area contributed by atoms with E-state index in [9.17, 15) is 26.4 Å². The van der Waals surface area contributed by atoms with Crippen LogP contribution >= 0.6 is 11.6 Å². The summed E-state index contributed by atoms with van der Waals surface area (Å²) in [6.45, 7) is 2.79. The molecule has 0 unspecified atom stereocenters. The van der Waals surface area contributed by atoms with Crippen molar-refractivity contribution in [3.8, 4) is 0 Å². The summed E-state index contributed by atoms with van der Waals surface area (Å²) in [5.74, 6) is -0.747. The number of sulfonamides is 1. The van der Waals surface area contributed by atoms with Crippen LogP contribution in [0.2, 0.25) is 5.02 Å². The summed E-state index contributed by atoms with van der Waals surface area (Å²) in [6, 6.07) is 14.4. The monoisotopic (exact) mass is 496 g/mol. The van der Waals surface area contributed by atoms with Crippen LogP contribution < -0.4 is 9.62 Å². The lowest BCUT2D eigenvalue weighted by Crippen LogP contribution is -2.38. The number of benzene rings is 3. The van der Waals surface area contributed by atoms with Gasteiger partial charge in [-0.3, -0.25) is 9.10 Å². The summed E-state index contributed by atoms with van der Waals surface area (Å²) < 4.78 is 67.1. The van der Waals surface area contributed by atoms with Gasteiger partial charge in [-0.2, -0.15) is 13.2 Å². The van der Waals surface area contributed by atoms with Crippen LogP contribution in [-0.2, 0) is 21.0 Å². The van der Waals surface area contributed by atoms with Crippen LogP contribution in [0.3, 0.4) is 0 Å². The molecule has 0 spiro atoms. The van der Waals surface area contributed by atoms with E-state index in [-0.39, 0.29) is 10.6 Å². The van der Waals surface area contributed by atoms with Gasteiger partial charge in [-0.1, -0.05) is 41.4 Å². The highest BCUT2D eigenvalue weighted by Gasteiger charge is 2.33. The topological polar surface area (TPSA) is 66.5 Å². The molecule has 0 atom stereocenters. The molecule has 0 aromatic heterocycles.